The predicted molar refractivity (Wildman–Crippen MR) is 127 cm³/mol. The summed E-state index contributed by atoms with van der Waals surface area (Å²) >= 11 is 14.8. The number of para-hydroxylation sites is 1. The SMILES string of the molecule is O=[N+]([O-])c1ccccc1S[C@H]1C[C@H]2[C@H](c3cc(Cl)ccc3N[C@H]2c2ccc(F)cc2)[C@@H]1Cl. The van der Waals surface area contributed by atoms with E-state index in [0.29, 0.717) is 9.92 Å². The smallest absolute Gasteiger partial charge is 0.282 e. The van der Waals surface area contributed by atoms with Gasteiger partial charge >= 0.3 is 0 Å². The monoisotopic (exact) mass is 488 g/mol. The molecule has 4 nitrogen and oxygen atoms in total. The molecule has 1 saturated carbocycles. The molecule has 164 valence electrons. The third-order valence-corrected chi connectivity index (χ3v) is 8.69. The number of rotatable bonds is 4. The largest absolute Gasteiger partial charge is 0.378 e. The maximum atomic E-state index is 13.6. The standard InChI is InChI=1S/C24H19Cl2FN2O2S/c25-14-7-10-18-16(11-14)22-17(24(28-18)13-5-8-15(27)9-6-13)12-21(23(22)26)32-20-4-2-1-3-19(20)29(30)31/h1-11,17,21-24,28H,12H2/t17-,21-,22-,23+,24-/m0/s1. The molecule has 0 amide bonds. The number of nitrogens with one attached hydrogen (secondary N) is 1. The van der Waals surface area contributed by atoms with E-state index >= 15 is 0 Å². The van der Waals surface area contributed by atoms with E-state index in [1.54, 1.807) is 30.3 Å². The third kappa shape index (κ3) is 3.85. The molecule has 32 heavy (non-hydrogen) atoms. The first-order chi connectivity index (χ1) is 15.4. The van der Waals surface area contributed by atoms with Crippen LogP contribution in [0.25, 0.3) is 0 Å². The minimum absolute atomic E-state index is 0.0157. The quantitative estimate of drug-likeness (QED) is 0.235. The van der Waals surface area contributed by atoms with Crippen molar-refractivity contribution in [3.63, 3.8) is 0 Å². The molecule has 8 heteroatoms. The zero-order chi connectivity index (χ0) is 22.4. The highest BCUT2D eigenvalue weighted by molar-refractivity contribution is 8.00. The van der Waals surface area contributed by atoms with E-state index in [4.69, 9.17) is 23.2 Å². The van der Waals surface area contributed by atoms with E-state index in [-0.39, 0.29) is 44.9 Å². The maximum absolute atomic E-state index is 13.6. The molecule has 0 radical (unpaired) electrons. The first-order valence-corrected chi connectivity index (χ1v) is 12.0. The van der Waals surface area contributed by atoms with Crippen LogP contribution in [0.4, 0.5) is 15.8 Å². The number of thioether (sulfide) groups is 1. The molecular formula is C24H19Cl2FN2O2S. The van der Waals surface area contributed by atoms with Crippen LogP contribution in [-0.4, -0.2) is 15.6 Å². The van der Waals surface area contributed by atoms with Crippen LogP contribution in [0.3, 0.4) is 0 Å². The summed E-state index contributed by atoms with van der Waals surface area (Å²) in [6, 6.07) is 19.0. The van der Waals surface area contributed by atoms with Gasteiger partial charge in [0.2, 0.25) is 0 Å². The molecule has 0 aromatic heterocycles. The minimum Gasteiger partial charge on any atom is -0.378 e. The van der Waals surface area contributed by atoms with Gasteiger partial charge in [-0.1, -0.05) is 35.9 Å². The van der Waals surface area contributed by atoms with E-state index in [2.05, 4.69) is 5.32 Å². The van der Waals surface area contributed by atoms with E-state index in [9.17, 15) is 14.5 Å². The van der Waals surface area contributed by atoms with Gasteiger partial charge in [0, 0.05) is 27.9 Å². The van der Waals surface area contributed by atoms with Crippen LogP contribution < -0.4 is 5.32 Å². The Morgan fingerprint density at radius 1 is 1.09 bits per heavy atom. The zero-order valence-corrected chi connectivity index (χ0v) is 19.1. The fourth-order valence-electron chi connectivity index (χ4n) is 4.96. The second-order valence-electron chi connectivity index (χ2n) is 8.16. The van der Waals surface area contributed by atoms with Crippen molar-refractivity contribution < 1.29 is 9.31 Å². The molecule has 0 spiro atoms. The van der Waals surface area contributed by atoms with Gasteiger partial charge in [-0.15, -0.1) is 23.4 Å². The van der Waals surface area contributed by atoms with Crippen molar-refractivity contribution in [3.8, 4) is 0 Å². The van der Waals surface area contributed by atoms with Crippen LogP contribution in [0.2, 0.25) is 5.02 Å². The Morgan fingerprint density at radius 2 is 1.84 bits per heavy atom. The van der Waals surface area contributed by atoms with E-state index in [0.717, 1.165) is 23.2 Å². The lowest BCUT2D eigenvalue weighted by Gasteiger charge is -2.38. The second kappa shape index (κ2) is 8.58. The topological polar surface area (TPSA) is 55.2 Å². The molecule has 1 aliphatic heterocycles. The Bertz CT molecular complexity index is 1180. The molecule has 3 aromatic carbocycles. The number of nitro benzene ring substituents is 1. The maximum Gasteiger partial charge on any atom is 0.282 e. The lowest BCUT2D eigenvalue weighted by atomic mass is 9.77. The third-order valence-electron chi connectivity index (χ3n) is 6.35. The summed E-state index contributed by atoms with van der Waals surface area (Å²) < 4.78 is 13.6. The number of nitrogens with zero attached hydrogens (tertiary/aromatic N) is 1. The van der Waals surface area contributed by atoms with Crippen molar-refractivity contribution in [1.29, 1.82) is 0 Å². The number of nitro groups is 1. The van der Waals surface area contributed by atoms with Gasteiger partial charge in [-0.25, -0.2) is 4.39 Å². The molecule has 5 atom stereocenters. The zero-order valence-electron chi connectivity index (χ0n) is 16.8. The number of halogens is 3. The van der Waals surface area contributed by atoms with Gasteiger partial charge in [0.05, 0.1) is 21.2 Å². The van der Waals surface area contributed by atoms with Gasteiger partial charge in [0.25, 0.3) is 5.69 Å². The Balaban J connectivity index is 1.53. The van der Waals surface area contributed by atoms with Crippen LogP contribution in [0.15, 0.2) is 71.6 Å². The molecule has 3 aromatic rings. The summed E-state index contributed by atoms with van der Waals surface area (Å²) in [5.74, 6) is -0.129. The predicted octanol–water partition coefficient (Wildman–Crippen LogP) is 7.43. The average molecular weight is 489 g/mol. The van der Waals surface area contributed by atoms with Gasteiger partial charge < -0.3 is 5.32 Å². The number of anilines is 1. The van der Waals surface area contributed by atoms with Crippen LogP contribution in [0.5, 0.6) is 0 Å². The molecule has 1 heterocycles. The van der Waals surface area contributed by atoms with Gasteiger partial charge in [-0.05, 0) is 59.9 Å². The molecule has 5 rings (SSSR count). The summed E-state index contributed by atoms with van der Waals surface area (Å²) in [5.41, 5.74) is 3.11. The molecule has 1 N–H and O–H groups in total. The van der Waals surface area contributed by atoms with Crippen LogP contribution >= 0.6 is 35.0 Å². The average Bonchev–Trinajstić information content (AvgIpc) is 3.10. The highest BCUT2D eigenvalue weighted by atomic mass is 35.5. The summed E-state index contributed by atoms with van der Waals surface area (Å²) in [5, 5.41) is 15.5. The Hall–Kier alpha value is -2.28. The highest BCUT2D eigenvalue weighted by Gasteiger charge is 2.50. The van der Waals surface area contributed by atoms with Gasteiger partial charge in [0.1, 0.15) is 5.82 Å². The summed E-state index contributed by atoms with van der Waals surface area (Å²) in [6.07, 6.45) is 0.760. The summed E-state index contributed by atoms with van der Waals surface area (Å²) in [4.78, 5) is 11.8. The molecule has 0 unspecified atom stereocenters. The summed E-state index contributed by atoms with van der Waals surface area (Å²) in [7, 11) is 0. The molecule has 2 aliphatic rings. The fraction of sp³-hybridized carbons (Fsp3) is 0.250. The number of alkyl halides is 1. The van der Waals surface area contributed by atoms with Gasteiger partial charge in [0.15, 0.2) is 0 Å². The summed E-state index contributed by atoms with van der Waals surface area (Å²) in [6.45, 7) is 0. The van der Waals surface area contributed by atoms with E-state index in [1.165, 1.54) is 30.0 Å². The normalized spacial score (nSPS) is 26.2. The second-order valence-corrected chi connectivity index (χ2v) is 10.4. The van der Waals surface area contributed by atoms with Gasteiger partial charge in [-0.2, -0.15) is 0 Å². The van der Waals surface area contributed by atoms with E-state index < -0.39 is 0 Å². The Labute approximate surface area is 199 Å². The first-order valence-electron chi connectivity index (χ1n) is 10.3. The lowest BCUT2D eigenvalue weighted by Crippen LogP contribution is -2.31. The Morgan fingerprint density at radius 3 is 2.59 bits per heavy atom. The molecular weight excluding hydrogens is 470 g/mol. The van der Waals surface area contributed by atoms with Crippen molar-refractivity contribution in [2.45, 2.75) is 33.9 Å². The van der Waals surface area contributed by atoms with Crippen molar-refractivity contribution >= 4 is 46.3 Å². The van der Waals surface area contributed by atoms with Gasteiger partial charge in [-0.3, -0.25) is 10.1 Å². The van der Waals surface area contributed by atoms with Crippen molar-refractivity contribution in [2.24, 2.45) is 5.92 Å². The van der Waals surface area contributed by atoms with Crippen molar-refractivity contribution in [2.75, 3.05) is 5.32 Å². The lowest BCUT2D eigenvalue weighted by molar-refractivity contribution is -0.387. The number of benzene rings is 3. The van der Waals surface area contributed by atoms with Crippen LogP contribution in [0.1, 0.15) is 29.5 Å². The molecule has 1 fully saturated rings. The van der Waals surface area contributed by atoms with Crippen LogP contribution in [-0.2, 0) is 0 Å². The molecule has 1 aliphatic carbocycles. The minimum atomic E-state index is -0.356. The number of hydrogen-bond acceptors (Lipinski definition) is 4. The molecule has 0 saturated heterocycles. The van der Waals surface area contributed by atoms with Crippen molar-refractivity contribution in [3.05, 3.63) is 98.8 Å². The fourth-order valence-corrected chi connectivity index (χ4v) is 7.08. The number of fused-ring (bicyclic) bond motifs is 3. The van der Waals surface area contributed by atoms with Crippen LogP contribution in [0, 0.1) is 21.8 Å². The number of hydrogen-bond donors (Lipinski definition) is 1. The highest BCUT2D eigenvalue weighted by Crippen LogP contribution is 2.58. The Kier molecular flexibility index (Phi) is 5.78. The molecule has 0 bridgehead atoms. The van der Waals surface area contributed by atoms with Crippen molar-refractivity contribution in [1.82, 2.24) is 0 Å². The first kappa shape index (κ1) is 21.6. The van der Waals surface area contributed by atoms with E-state index in [1.807, 2.05) is 18.2 Å².